The Bertz CT molecular complexity index is 602. The van der Waals surface area contributed by atoms with Gasteiger partial charge in [-0.15, -0.1) is 0 Å². The molecule has 0 aliphatic carbocycles. The maximum absolute atomic E-state index is 12.0. The molecule has 0 saturated heterocycles. The van der Waals surface area contributed by atoms with E-state index in [0.29, 0.717) is 0 Å². The van der Waals surface area contributed by atoms with Crippen LogP contribution in [0.2, 0.25) is 0 Å². The Morgan fingerprint density at radius 2 is 1.88 bits per heavy atom. The first-order valence-electron chi connectivity index (χ1n) is 8.31. The van der Waals surface area contributed by atoms with Gasteiger partial charge in [-0.3, -0.25) is 14.9 Å². The summed E-state index contributed by atoms with van der Waals surface area (Å²) >= 11 is 0. The minimum Gasteiger partial charge on any atom is -0.481 e. The van der Waals surface area contributed by atoms with Crippen LogP contribution in [0.4, 0.5) is 5.95 Å². The minimum absolute atomic E-state index is 0.0200. The summed E-state index contributed by atoms with van der Waals surface area (Å²) in [5.41, 5.74) is 1.04. The summed E-state index contributed by atoms with van der Waals surface area (Å²) in [4.78, 5) is 23.5. The molecular weight excluding hydrogens is 322 g/mol. The van der Waals surface area contributed by atoms with Crippen LogP contribution in [0.5, 0.6) is 0 Å². The van der Waals surface area contributed by atoms with Gasteiger partial charge in [-0.1, -0.05) is 51.9 Å². The Labute approximate surface area is 148 Å². The average molecular weight is 351 g/mol. The number of nitrogens with zero attached hydrogens (tertiary/aromatic N) is 3. The molecule has 3 N–H and O–H groups in total. The largest absolute Gasteiger partial charge is 0.481 e. The summed E-state index contributed by atoms with van der Waals surface area (Å²) in [6, 6.07) is 0. The molecule has 8 nitrogen and oxygen atoms in total. The number of tetrazole rings is 1. The number of allylic oxidation sites excluding steroid dienone is 1. The maximum Gasteiger partial charge on any atom is 0.307 e. The predicted octanol–water partition coefficient (Wildman–Crippen LogP) is 3.03. The molecule has 1 aromatic rings. The van der Waals surface area contributed by atoms with Crippen molar-refractivity contribution < 1.29 is 14.7 Å². The van der Waals surface area contributed by atoms with Crippen LogP contribution in [0.15, 0.2) is 12.2 Å². The second-order valence-electron chi connectivity index (χ2n) is 8.57. The van der Waals surface area contributed by atoms with Gasteiger partial charge >= 0.3 is 5.97 Å². The highest BCUT2D eigenvalue weighted by Gasteiger charge is 2.28. The third-order valence-electron chi connectivity index (χ3n) is 3.66. The molecule has 0 spiro atoms. The average Bonchev–Trinajstić information content (AvgIpc) is 2.86. The van der Waals surface area contributed by atoms with Gasteiger partial charge < -0.3 is 5.11 Å². The fourth-order valence-corrected chi connectivity index (χ4v) is 3.46. The fraction of sp³-hybridized carbons (Fsp3) is 0.706. The highest BCUT2D eigenvalue weighted by molar-refractivity contribution is 5.91. The molecule has 8 heteroatoms. The molecule has 25 heavy (non-hydrogen) atoms. The number of aromatic amines is 1. The fourth-order valence-electron chi connectivity index (χ4n) is 3.46. The van der Waals surface area contributed by atoms with Gasteiger partial charge in [0.25, 0.3) is 0 Å². The third kappa shape index (κ3) is 8.42. The summed E-state index contributed by atoms with van der Waals surface area (Å²) < 4.78 is 0. The lowest BCUT2D eigenvalue weighted by Gasteiger charge is -2.33. The molecule has 0 saturated carbocycles. The summed E-state index contributed by atoms with van der Waals surface area (Å²) in [5, 5.41) is 24.5. The highest BCUT2D eigenvalue weighted by Crippen LogP contribution is 2.38. The molecule has 1 aromatic heterocycles. The van der Waals surface area contributed by atoms with Crippen LogP contribution in [-0.4, -0.2) is 37.6 Å². The number of nitrogens with one attached hydrogen (secondary N) is 2. The number of rotatable bonds is 9. The normalized spacial score (nSPS) is 13.3. The number of anilines is 1. The molecule has 1 rings (SSSR count). The number of amides is 1. The number of carboxylic acid groups (broad SMARTS) is 1. The molecule has 140 valence electrons. The molecule has 0 aliphatic rings. The van der Waals surface area contributed by atoms with E-state index in [9.17, 15) is 14.7 Å². The van der Waals surface area contributed by atoms with Crippen molar-refractivity contribution in [3.8, 4) is 0 Å². The number of H-pyrrole nitrogens is 1. The van der Waals surface area contributed by atoms with Crippen molar-refractivity contribution in [2.75, 3.05) is 5.32 Å². The Balaban J connectivity index is 2.60. The predicted molar refractivity (Wildman–Crippen MR) is 94.8 cm³/mol. The SMILES string of the molecule is C=C(CC(CC(=O)Nc1nnn[nH]1)C(=O)O)CC(C)(C)CC(C)(C)C. The zero-order valence-electron chi connectivity index (χ0n) is 15.7. The van der Waals surface area contributed by atoms with Crippen LogP contribution in [-0.2, 0) is 9.59 Å². The quantitative estimate of drug-likeness (QED) is 0.588. The van der Waals surface area contributed by atoms with Gasteiger partial charge in [0, 0.05) is 6.42 Å². The number of carboxylic acids is 1. The molecule has 0 fully saturated rings. The highest BCUT2D eigenvalue weighted by atomic mass is 16.4. The summed E-state index contributed by atoms with van der Waals surface area (Å²) in [7, 11) is 0. The standard InChI is InChI=1S/C17H29N5O3/c1-11(9-17(5,6)10-16(2,3)4)7-12(14(24)25)8-13(23)18-15-19-21-22-20-15/h12H,1,7-10H2,2-6H3,(H,24,25)(H2,18,19,20,21,22,23). The minimum atomic E-state index is -1.01. The molecule has 1 atom stereocenters. The monoisotopic (exact) mass is 351 g/mol. The van der Waals surface area contributed by atoms with Gasteiger partial charge in [0.2, 0.25) is 11.9 Å². The number of carbonyl (C=O) groups excluding carboxylic acids is 1. The number of aromatic nitrogens is 4. The van der Waals surface area contributed by atoms with Gasteiger partial charge in [-0.05, 0) is 40.5 Å². The van der Waals surface area contributed by atoms with E-state index in [1.54, 1.807) is 0 Å². The van der Waals surface area contributed by atoms with E-state index in [0.717, 1.165) is 18.4 Å². The van der Waals surface area contributed by atoms with Gasteiger partial charge in [-0.25, -0.2) is 5.10 Å². The van der Waals surface area contributed by atoms with Crippen molar-refractivity contribution in [1.82, 2.24) is 20.6 Å². The number of hydrogen-bond donors (Lipinski definition) is 3. The van der Waals surface area contributed by atoms with Crippen molar-refractivity contribution in [3.63, 3.8) is 0 Å². The zero-order valence-corrected chi connectivity index (χ0v) is 15.7. The summed E-state index contributed by atoms with van der Waals surface area (Å²) in [5.74, 6) is -2.19. The van der Waals surface area contributed by atoms with Crippen LogP contribution < -0.4 is 5.32 Å². The van der Waals surface area contributed by atoms with E-state index in [1.165, 1.54) is 0 Å². The van der Waals surface area contributed by atoms with E-state index < -0.39 is 17.8 Å². The van der Waals surface area contributed by atoms with E-state index in [1.807, 2.05) is 0 Å². The molecule has 0 aromatic carbocycles. The van der Waals surface area contributed by atoms with E-state index in [4.69, 9.17) is 0 Å². The number of aliphatic carboxylic acids is 1. The van der Waals surface area contributed by atoms with Crippen LogP contribution in [0.3, 0.4) is 0 Å². The van der Waals surface area contributed by atoms with Crippen LogP contribution in [0, 0.1) is 16.7 Å². The molecule has 1 amide bonds. The Hall–Kier alpha value is -2.25. The van der Waals surface area contributed by atoms with Gasteiger partial charge in [0.05, 0.1) is 5.92 Å². The first-order chi connectivity index (χ1) is 11.4. The van der Waals surface area contributed by atoms with Crippen molar-refractivity contribution >= 4 is 17.8 Å². The Kier molecular flexibility index (Phi) is 6.84. The van der Waals surface area contributed by atoms with E-state index >= 15 is 0 Å². The lowest BCUT2D eigenvalue weighted by atomic mass is 9.72. The molecule has 1 unspecified atom stereocenters. The van der Waals surface area contributed by atoms with E-state index in [2.05, 4.69) is 67.1 Å². The summed E-state index contributed by atoms with van der Waals surface area (Å²) in [6.07, 6.45) is 1.83. The van der Waals surface area contributed by atoms with Crippen molar-refractivity contribution in [2.24, 2.45) is 16.7 Å². The van der Waals surface area contributed by atoms with Gasteiger partial charge in [0.1, 0.15) is 0 Å². The van der Waals surface area contributed by atoms with Crippen molar-refractivity contribution in [1.29, 1.82) is 0 Å². The lowest BCUT2D eigenvalue weighted by Crippen LogP contribution is -2.25. The smallest absolute Gasteiger partial charge is 0.307 e. The molecule has 0 aliphatic heterocycles. The maximum atomic E-state index is 12.0. The Morgan fingerprint density at radius 3 is 2.36 bits per heavy atom. The second kappa shape index (κ2) is 8.22. The molecule has 1 heterocycles. The zero-order chi connectivity index (χ0) is 19.3. The van der Waals surface area contributed by atoms with Crippen LogP contribution >= 0.6 is 0 Å². The van der Waals surface area contributed by atoms with E-state index in [-0.39, 0.29) is 29.6 Å². The van der Waals surface area contributed by atoms with Gasteiger partial charge in [-0.2, -0.15) is 0 Å². The Morgan fingerprint density at radius 1 is 1.24 bits per heavy atom. The topological polar surface area (TPSA) is 121 Å². The third-order valence-corrected chi connectivity index (χ3v) is 3.66. The van der Waals surface area contributed by atoms with Crippen molar-refractivity contribution in [3.05, 3.63) is 12.2 Å². The van der Waals surface area contributed by atoms with Crippen molar-refractivity contribution in [2.45, 2.75) is 60.3 Å². The van der Waals surface area contributed by atoms with Crippen LogP contribution in [0.25, 0.3) is 0 Å². The summed E-state index contributed by atoms with van der Waals surface area (Å²) in [6.45, 7) is 14.9. The molecule has 0 bridgehead atoms. The molecular formula is C17H29N5O3. The second-order valence-corrected chi connectivity index (χ2v) is 8.57. The lowest BCUT2D eigenvalue weighted by molar-refractivity contribution is -0.143. The first kappa shape index (κ1) is 20.8. The number of carbonyl (C=O) groups is 2. The number of hydrogen-bond acceptors (Lipinski definition) is 5. The van der Waals surface area contributed by atoms with Crippen LogP contribution in [0.1, 0.15) is 60.3 Å². The van der Waals surface area contributed by atoms with Gasteiger partial charge in [0.15, 0.2) is 0 Å². The molecule has 0 radical (unpaired) electrons. The first-order valence-corrected chi connectivity index (χ1v) is 8.31.